The highest BCUT2D eigenvalue weighted by molar-refractivity contribution is 7.17. The molecule has 0 fully saturated rings. The van der Waals surface area contributed by atoms with Crippen molar-refractivity contribution in [1.29, 1.82) is 0 Å². The predicted molar refractivity (Wildman–Crippen MR) is 86.6 cm³/mol. The standard InChI is InChI=1S/C17H16N2OS/c18-19-16(13-6-3-4-11-8-9-20-17(11)13)14-10-21-15-7-2-1-5-12(14)15/h1-7,10,16,19H,8-9,18H2. The summed E-state index contributed by atoms with van der Waals surface area (Å²) in [6, 6.07) is 14.7. The van der Waals surface area contributed by atoms with E-state index in [1.54, 1.807) is 11.3 Å². The fourth-order valence-corrected chi connectivity index (χ4v) is 4.02. The van der Waals surface area contributed by atoms with E-state index in [9.17, 15) is 0 Å². The lowest BCUT2D eigenvalue weighted by molar-refractivity contribution is 0.350. The van der Waals surface area contributed by atoms with Crippen LogP contribution < -0.4 is 16.0 Å². The monoisotopic (exact) mass is 296 g/mol. The Kier molecular flexibility index (Phi) is 3.15. The Morgan fingerprint density at radius 2 is 2.00 bits per heavy atom. The molecule has 1 aromatic heterocycles. The number of nitrogens with two attached hydrogens (primary N) is 1. The number of ether oxygens (including phenoxy) is 1. The maximum Gasteiger partial charge on any atom is 0.127 e. The van der Waals surface area contributed by atoms with Crippen LogP contribution in [-0.4, -0.2) is 6.61 Å². The van der Waals surface area contributed by atoms with Gasteiger partial charge in [0.2, 0.25) is 0 Å². The average Bonchev–Trinajstić information content (AvgIpc) is 3.15. The van der Waals surface area contributed by atoms with Crippen LogP contribution in [-0.2, 0) is 6.42 Å². The van der Waals surface area contributed by atoms with Crippen LogP contribution in [0.25, 0.3) is 10.1 Å². The van der Waals surface area contributed by atoms with Gasteiger partial charge in [0.15, 0.2) is 0 Å². The zero-order chi connectivity index (χ0) is 14.2. The van der Waals surface area contributed by atoms with Crippen LogP contribution in [0.15, 0.2) is 47.8 Å². The molecule has 4 heteroatoms. The molecule has 4 rings (SSSR count). The van der Waals surface area contributed by atoms with Crippen molar-refractivity contribution >= 4 is 21.4 Å². The van der Waals surface area contributed by atoms with Gasteiger partial charge in [-0.2, -0.15) is 0 Å². The van der Waals surface area contributed by atoms with Gasteiger partial charge < -0.3 is 4.74 Å². The lowest BCUT2D eigenvalue weighted by Crippen LogP contribution is -2.29. The van der Waals surface area contributed by atoms with E-state index in [-0.39, 0.29) is 6.04 Å². The number of para-hydroxylation sites is 1. The minimum Gasteiger partial charge on any atom is -0.493 e. The van der Waals surface area contributed by atoms with Gasteiger partial charge >= 0.3 is 0 Å². The lowest BCUT2D eigenvalue weighted by Gasteiger charge is -2.19. The van der Waals surface area contributed by atoms with Crippen molar-refractivity contribution in [2.75, 3.05) is 6.61 Å². The van der Waals surface area contributed by atoms with Gasteiger partial charge in [-0.15, -0.1) is 11.3 Å². The molecular formula is C17H16N2OS. The number of fused-ring (bicyclic) bond motifs is 2. The van der Waals surface area contributed by atoms with Crippen LogP contribution in [0.2, 0.25) is 0 Å². The molecular weight excluding hydrogens is 280 g/mol. The molecule has 106 valence electrons. The largest absolute Gasteiger partial charge is 0.493 e. The molecule has 3 N–H and O–H groups in total. The molecule has 2 aromatic carbocycles. The first-order valence-electron chi connectivity index (χ1n) is 7.05. The first kappa shape index (κ1) is 12.8. The van der Waals surface area contributed by atoms with Gasteiger partial charge in [-0.05, 0) is 28.0 Å². The van der Waals surface area contributed by atoms with Gasteiger partial charge in [-0.1, -0.05) is 36.4 Å². The summed E-state index contributed by atoms with van der Waals surface area (Å²) in [4.78, 5) is 0. The maximum atomic E-state index is 5.88. The van der Waals surface area contributed by atoms with Gasteiger partial charge in [0.25, 0.3) is 0 Å². The molecule has 1 aliphatic heterocycles. The van der Waals surface area contributed by atoms with Crippen LogP contribution in [0.3, 0.4) is 0 Å². The molecule has 2 heterocycles. The van der Waals surface area contributed by atoms with Crippen molar-refractivity contribution in [2.45, 2.75) is 12.5 Å². The Hall–Kier alpha value is -1.88. The molecule has 0 saturated carbocycles. The third-order valence-electron chi connectivity index (χ3n) is 4.04. The minimum atomic E-state index is -0.0470. The predicted octanol–water partition coefficient (Wildman–Crippen LogP) is 3.39. The maximum absolute atomic E-state index is 5.88. The van der Waals surface area contributed by atoms with Crippen molar-refractivity contribution in [3.05, 3.63) is 64.5 Å². The third kappa shape index (κ3) is 2.03. The molecule has 1 aliphatic rings. The summed E-state index contributed by atoms with van der Waals surface area (Å²) in [7, 11) is 0. The molecule has 0 aliphatic carbocycles. The second kappa shape index (κ2) is 5.15. The fourth-order valence-electron chi connectivity index (χ4n) is 3.04. The highest BCUT2D eigenvalue weighted by Crippen LogP contribution is 2.39. The molecule has 0 radical (unpaired) electrons. The van der Waals surface area contributed by atoms with Crippen molar-refractivity contribution in [3.63, 3.8) is 0 Å². The van der Waals surface area contributed by atoms with Crippen LogP contribution >= 0.6 is 11.3 Å². The Labute approximate surface area is 127 Å². The van der Waals surface area contributed by atoms with Crippen LogP contribution in [0.1, 0.15) is 22.7 Å². The quantitative estimate of drug-likeness (QED) is 0.575. The first-order chi connectivity index (χ1) is 10.4. The molecule has 0 spiro atoms. The number of rotatable bonds is 3. The van der Waals surface area contributed by atoms with Crippen molar-refractivity contribution in [3.8, 4) is 5.75 Å². The minimum absolute atomic E-state index is 0.0470. The molecule has 0 bridgehead atoms. The molecule has 3 aromatic rings. The molecule has 1 unspecified atom stereocenters. The summed E-state index contributed by atoms with van der Waals surface area (Å²) >= 11 is 1.75. The summed E-state index contributed by atoms with van der Waals surface area (Å²) in [6.07, 6.45) is 0.977. The van der Waals surface area contributed by atoms with E-state index in [0.29, 0.717) is 0 Å². The Morgan fingerprint density at radius 1 is 1.10 bits per heavy atom. The Bertz CT molecular complexity index is 796. The Balaban J connectivity index is 1.88. The zero-order valence-electron chi connectivity index (χ0n) is 11.5. The number of hydrogen-bond donors (Lipinski definition) is 2. The van der Waals surface area contributed by atoms with E-state index in [0.717, 1.165) is 24.3 Å². The lowest BCUT2D eigenvalue weighted by atomic mass is 9.96. The van der Waals surface area contributed by atoms with Gasteiger partial charge in [-0.25, -0.2) is 5.43 Å². The van der Waals surface area contributed by atoms with E-state index in [2.05, 4.69) is 53.3 Å². The summed E-state index contributed by atoms with van der Waals surface area (Å²) in [6.45, 7) is 0.758. The highest BCUT2D eigenvalue weighted by atomic mass is 32.1. The van der Waals surface area contributed by atoms with E-state index in [1.165, 1.54) is 21.2 Å². The van der Waals surface area contributed by atoms with Crippen LogP contribution in [0.5, 0.6) is 5.75 Å². The van der Waals surface area contributed by atoms with Crippen LogP contribution in [0.4, 0.5) is 0 Å². The van der Waals surface area contributed by atoms with Crippen molar-refractivity contribution in [2.24, 2.45) is 5.84 Å². The van der Waals surface area contributed by atoms with Gasteiger partial charge in [-0.3, -0.25) is 5.84 Å². The van der Waals surface area contributed by atoms with E-state index in [1.807, 2.05) is 0 Å². The molecule has 0 amide bonds. The second-order valence-electron chi connectivity index (χ2n) is 5.22. The summed E-state index contributed by atoms with van der Waals surface area (Å²) in [5, 5.41) is 3.44. The molecule has 1 atom stereocenters. The number of hydrazine groups is 1. The fraction of sp³-hybridized carbons (Fsp3) is 0.176. The normalized spacial score (nSPS) is 14.9. The summed E-state index contributed by atoms with van der Waals surface area (Å²) in [5.74, 6) is 6.88. The first-order valence-corrected chi connectivity index (χ1v) is 7.93. The second-order valence-corrected chi connectivity index (χ2v) is 6.13. The third-order valence-corrected chi connectivity index (χ3v) is 5.03. The van der Waals surface area contributed by atoms with Gasteiger partial charge in [0.1, 0.15) is 5.75 Å². The number of hydrogen-bond acceptors (Lipinski definition) is 4. The summed E-state index contributed by atoms with van der Waals surface area (Å²) < 4.78 is 7.11. The number of thiophene rings is 1. The Morgan fingerprint density at radius 3 is 2.90 bits per heavy atom. The number of benzene rings is 2. The van der Waals surface area contributed by atoms with E-state index >= 15 is 0 Å². The molecule has 21 heavy (non-hydrogen) atoms. The van der Waals surface area contributed by atoms with E-state index < -0.39 is 0 Å². The van der Waals surface area contributed by atoms with Crippen molar-refractivity contribution in [1.82, 2.24) is 5.43 Å². The average molecular weight is 296 g/mol. The zero-order valence-corrected chi connectivity index (χ0v) is 12.3. The van der Waals surface area contributed by atoms with Gasteiger partial charge in [0, 0.05) is 16.7 Å². The topological polar surface area (TPSA) is 47.3 Å². The smallest absolute Gasteiger partial charge is 0.127 e. The van der Waals surface area contributed by atoms with E-state index in [4.69, 9.17) is 10.6 Å². The van der Waals surface area contributed by atoms with Crippen LogP contribution in [0, 0.1) is 0 Å². The summed E-state index contributed by atoms with van der Waals surface area (Å²) in [5.41, 5.74) is 6.57. The van der Waals surface area contributed by atoms with Crippen molar-refractivity contribution < 1.29 is 4.74 Å². The molecule has 0 saturated heterocycles. The highest BCUT2D eigenvalue weighted by Gasteiger charge is 2.24. The number of nitrogens with one attached hydrogen (secondary N) is 1. The van der Waals surface area contributed by atoms with Gasteiger partial charge in [0.05, 0.1) is 12.6 Å². The SMILES string of the molecule is NNC(c1cccc2c1OCC2)c1csc2ccccc12. The molecule has 3 nitrogen and oxygen atoms in total.